The first kappa shape index (κ1) is 11.2. The number of rotatable bonds is 1. The second kappa shape index (κ2) is 4.07. The van der Waals surface area contributed by atoms with Crippen LogP contribution in [0.1, 0.15) is 12.8 Å². The number of nitrogen functional groups attached to an aromatic ring is 1. The van der Waals surface area contributed by atoms with Crippen LogP contribution in [-0.2, 0) is 4.74 Å². The molecule has 92 valence electrons. The molecule has 2 fully saturated rings. The molecule has 0 aromatic heterocycles. The Morgan fingerprint density at radius 2 is 1.94 bits per heavy atom. The number of hydrogen-bond donors (Lipinski definition) is 1. The summed E-state index contributed by atoms with van der Waals surface area (Å²) < 4.78 is 5.42. The molecule has 0 radical (unpaired) electrons. The third-order valence-electron chi connectivity index (χ3n) is 3.94. The van der Waals surface area contributed by atoms with Gasteiger partial charge in [-0.1, -0.05) is 11.6 Å². The van der Waals surface area contributed by atoms with Gasteiger partial charge in [0.25, 0.3) is 0 Å². The third kappa shape index (κ3) is 1.98. The van der Waals surface area contributed by atoms with Crippen molar-refractivity contribution in [1.82, 2.24) is 0 Å². The van der Waals surface area contributed by atoms with Crippen LogP contribution in [-0.4, -0.2) is 26.3 Å². The Balaban J connectivity index is 1.72. The molecular weight excluding hydrogens is 236 g/mol. The van der Waals surface area contributed by atoms with Crippen molar-refractivity contribution in [2.24, 2.45) is 5.41 Å². The van der Waals surface area contributed by atoms with Gasteiger partial charge in [0, 0.05) is 36.7 Å². The summed E-state index contributed by atoms with van der Waals surface area (Å²) in [5, 5.41) is 0.701. The van der Waals surface area contributed by atoms with Crippen molar-refractivity contribution < 1.29 is 4.74 Å². The summed E-state index contributed by atoms with van der Waals surface area (Å²) in [4.78, 5) is 2.34. The summed E-state index contributed by atoms with van der Waals surface area (Å²) in [5.41, 5.74) is 8.37. The van der Waals surface area contributed by atoms with Crippen molar-refractivity contribution in [1.29, 1.82) is 0 Å². The quantitative estimate of drug-likeness (QED) is 0.781. The van der Waals surface area contributed by atoms with E-state index in [2.05, 4.69) is 4.90 Å². The fourth-order valence-corrected chi connectivity index (χ4v) is 3.05. The average molecular weight is 253 g/mol. The second-order valence-corrected chi connectivity index (χ2v) is 5.61. The molecule has 0 saturated carbocycles. The zero-order valence-electron chi connectivity index (χ0n) is 9.79. The molecule has 2 aliphatic heterocycles. The van der Waals surface area contributed by atoms with Gasteiger partial charge in [0.15, 0.2) is 0 Å². The van der Waals surface area contributed by atoms with Crippen LogP contribution in [0.3, 0.4) is 0 Å². The number of ether oxygens (including phenoxy) is 1. The maximum atomic E-state index is 6.00. The van der Waals surface area contributed by atoms with Gasteiger partial charge in [-0.25, -0.2) is 0 Å². The Morgan fingerprint density at radius 3 is 2.59 bits per heavy atom. The Morgan fingerprint density at radius 1 is 1.24 bits per heavy atom. The van der Waals surface area contributed by atoms with Crippen LogP contribution in [0.4, 0.5) is 11.4 Å². The van der Waals surface area contributed by atoms with E-state index in [0.29, 0.717) is 10.4 Å². The van der Waals surface area contributed by atoms with Crippen molar-refractivity contribution in [3.63, 3.8) is 0 Å². The number of hydrogen-bond acceptors (Lipinski definition) is 3. The maximum Gasteiger partial charge on any atom is 0.0601 e. The lowest BCUT2D eigenvalue weighted by Gasteiger charge is -2.53. The van der Waals surface area contributed by atoms with Crippen LogP contribution in [0.25, 0.3) is 0 Å². The zero-order chi connectivity index (χ0) is 11.9. The molecule has 2 N–H and O–H groups in total. The van der Waals surface area contributed by atoms with E-state index < -0.39 is 0 Å². The second-order valence-electron chi connectivity index (χ2n) is 5.17. The largest absolute Gasteiger partial charge is 0.397 e. The Kier molecular flexibility index (Phi) is 2.68. The smallest absolute Gasteiger partial charge is 0.0601 e. The molecule has 3 rings (SSSR count). The average Bonchev–Trinajstić information content (AvgIpc) is 2.27. The minimum Gasteiger partial charge on any atom is -0.397 e. The molecule has 1 spiro atoms. The minimum atomic E-state index is 0.477. The van der Waals surface area contributed by atoms with Crippen LogP contribution >= 0.6 is 11.6 Å². The summed E-state index contributed by atoms with van der Waals surface area (Å²) >= 11 is 5.91. The van der Waals surface area contributed by atoms with Crippen molar-refractivity contribution >= 4 is 23.0 Å². The van der Waals surface area contributed by atoms with E-state index in [1.54, 1.807) is 0 Å². The van der Waals surface area contributed by atoms with Crippen LogP contribution in [0, 0.1) is 5.41 Å². The maximum absolute atomic E-state index is 6.00. The predicted molar refractivity (Wildman–Crippen MR) is 70.6 cm³/mol. The first-order valence-corrected chi connectivity index (χ1v) is 6.44. The van der Waals surface area contributed by atoms with Crippen LogP contribution < -0.4 is 10.6 Å². The fourth-order valence-electron chi connectivity index (χ4n) is 2.87. The van der Waals surface area contributed by atoms with Crippen molar-refractivity contribution in [3.8, 4) is 0 Å². The molecule has 0 aliphatic carbocycles. The molecule has 0 bridgehead atoms. The van der Waals surface area contributed by atoms with Gasteiger partial charge in [0.05, 0.1) is 11.4 Å². The van der Waals surface area contributed by atoms with E-state index >= 15 is 0 Å². The predicted octanol–water partition coefficient (Wildman–Crippen LogP) is 2.54. The molecule has 2 heterocycles. The third-order valence-corrected chi connectivity index (χ3v) is 4.17. The standard InChI is InChI=1S/C13H17ClN2O/c14-10-1-2-12(11(15)7-10)16-8-13(9-16)3-5-17-6-4-13/h1-2,7H,3-6,8-9,15H2. The van der Waals surface area contributed by atoms with Crippen molar-refractivity contribution in [2.45, 2.75) is 12.8 Å². The highest BCUT2D eigenvalue weighted by Gasteiger charge is 2.44. The molecule has 3 nitrogen and oxygen atoms in total. The molecule has 0 amide bonds. The lowest BCUT2D eigenvalue weighted by Crippen LogP contribution is -2.58. The van der Waals surface area contributed by atoms with E-state index in [0.717, 1.165) is 37.7 Å². The van der Waals surface area contributed by atoms with E-state index in [-0.39, 0.29) is 0 Å². The van der Waals surface area contributed by atoms with E-state index in [4.69, 9.17) is 22.1 Å². The molecule has 2 saturated heterocycles. The highest BCUT2D eigenvalue weighted by molar-refractivity contribution is 6.31. The van der Waals surface area contributed by atoms with E-state index in [1.807, 2.05) is 18.2 Å². The first-order chi connectivity index (χ1) is 8.19. The molecule has 1 aromatic rings. The van der Waals surface area contributed by atoms with Gasteiger partial charge in [-0.05, 0) is 31.0 Å². The zero-order valence-corrected chi connectivity index (χ0v) is 10.5. The first-order valence-electron chi connectivity index (χ1n) is 6.06. The summed E-state index contributed by atoms with van der Waals surface area (Å²) in [7, 11) is 0. The number of halogens is 1. The molecule has 17 heavy (non-hydrogen) atoms. The number of anilines is 2. The Bertz CT molecular complexity index is 421. The summed E-state index contributed by atoms with van der Waals surface area (Å²) in [5.74, 6) is 0. The topological polar surface area (TPSA) is 38.5 Å². The molecule has 0 atom stereocenters. The summed E-state index contributed by atoms with van der Waals surface area (Å²) in [6.45, 7) is 4.01. The van der Waals surface area contributed by atoms with Gasteiger partial charge in [0.1, 0.15) is 0 Å². The van der Waals surface area contributed by atoms with E-state index in [1.165, 1.54) is 12.8 Å². The lowest BCUT2D eigenvalue weighted by molar-refractivity contribution is -0.000142. The fraction of sp³-hybridized carbons (Fsp3) is 0.538. The molecular formula is C13H17ClN2O. The minimum absolute atomic E-state index is 0.477. The Hall–Kier alpha value is -0.930. The van der Waals surface area contributed by atoms with Gasteiger partial charge in [0.2, 0.25) is 0 Å². The molecule has 0 unspecified atom stereocenters. The number of nitrogens with two attached hydrogens (primary N) is 1. The van der Waals surface area contributed by atoms with Crippen LogP contribution in [0.15, 0.2) is 18.2 Å². The molecule has 4 heteroatoms. The lowest BCUT2D eigenvalue weighted by atomic mass is 9.73. The van der Waals surface area contributed by atoms with Gasteiger partial charge in [-0.2, -0.15) is 0 Å². The number of nitrogens with zero attached hydrogens (tertiary/aromatic N) is 1. The highest BCUT2D eigenvalue weighted by atomic mass is 35.5. The van der Waals surface area contributed by atoms with Crippen LogP contribution in [0.5, 0.6) is 0 Å². The normalized spacial score (nSPS) is 22.5. The molecule has 1 aromatic carbocycles. The van der Waals surface area contributed by atoms with Crippen LogP contribution in [0.2, 0.25) is 5.02 Å². The van der Waals surface area contributed by atoms with Gasteiger partial charge < -0.3 is 15.4 Å². The van der Waals surface area contributed by atoms with Gasteiger partial charge in [-0.3, -0.25) is 0 Å². The van der Waals surface area contributed by atoms with Gasteiger partial charge in [-0.15, -0.1) is 0 Å². The summed E-state index contributed by atoms with van der Waals surface area (Å²) in [6.07, 6.45) is 2.36. The number of benzene rings is 1. The summed E-state index contributed by atoms with van der Waals surface area (Å²) in [6, 6.07) is 5.75. The highest BCUT2D eigenvalue weighted by Crippen LogP contribution is 2.43. The van der Waals surface area contributed by atoms with Gasteiger partial charge >= 0.3 is 0 Å². The Labute approximate surface area is 106 Å². The SMILES string of the molecule is Nc1cc(Cl)ccc1N1CC2(CCOCC2)C1. The van der Waals surface area contributed by atoms with E-state index in [9.17, 15) is 0 Å². The van der Waals surface area contributed by atoms with Crippen molar-refractivity contribution in [2.75, 3.05) is 36.9 Å². The monoisotopic (exact) mass is 252 g/mol. The van der Waals surface area contributed by atoms with Crippen molar-refractivity contribution in [3.05, 3.63) is 23.2 Å². The molecule has 2 aliphatic rings.